The number of carbonyl (C=O) groups excluding carboxylic acids is 1. The highest BCUT2D eigenvalue weighted by Crippen LogP contribution is 2.16. The fourth-order valence-electron chi connectivity index (χ4n) is 7.15. The molecule has 2 unspecified atom stereocenters. The maximum absolute atomic E-state index is 12.6. The highest BCUT2D eigenvalue weighted by molar-refractivity contribution is 7.85. The van der Waals surface area contributed by atoms with Crippen LogP contribution in [0, 0.1) is 0 Å². The molecule has 0 aromatic heterocycles. The summed E-state index contributed by atoms with van der Waals surface area (Å²) in [6, 6.07) is -1.06. The van der Waals surface area contributed by atoms with Gasteiger partial charge >= 0.3 is 0 Å². The van der Waals surface area contributed by atoms with Crippen LogP contribution in [-0.2, 0) is 14.9 Å². The number of nitrogens with one attached hydrogen (secondary N) is 1. The lowest BCUT2D eigenvalue weighted by Gasteiger charge is -2.21. The highest BCUT2D eigenvalue weighted by atomic mass is 32.2. The molecule has 0 rings (SSSR count). The maximum atomic E-state index is 12.6. The maximum Gasteiger partial charge on any atom is 0.267 e. The number of unbranched alkanes of at least 4 members (excludes halogenated alkanes) is 27. The first-order chi connectivity index (χ1) is 27.8. The standard InChI is InChI=1S/C50H91NO5S/c1-3-5-7-9-11-13-15-17-19-21-23-24-25-26-28-30-32-34-36-38-40-42-44-46-50(53)51-48(47-57(54,55)56)49(52)45-43-41-39-37-35-33-31-29-27-22-20-18-16-14-12-10-8-6-4-2/h5,7,11,13,17,19,23-24,43,45,48-49,52H,3-4,6,8-10,12,14-16,18,20-22,25-42,44,46-47H2,1-2H3,(H,51,53)(H,54,55,56)/b7-5-,13-11-,19-17-,24-23-,45-43+. The molecular formula is C50H91NO5S. The van der Waals surface area contributed by atoms with Gasteiger partial charge in [-0.05, 0) is 57.8 Å². The number of hydrogen-bond donors (Lipinski definition) is 3. The SMILES string of the molecule is CC/C=C\C/C=C\C/C=C\C/C=C\CCCCCCCCCCCCC(=O)NC(CS(=O)(=O)O)C(O)/C=C/CCCCCCCCCCCCCCCCCCC. The summed E-state index contributed by atoms with van der Waals surface area (Å²) in [5, 5.41) is 13.3. The smallest absolute Gasteiger partial charge is 0.267 e. The Balaban J connectivity index is 3.85. The van der Waals surface area contributed by atoms with Gasteiger partial charge in [-0.15, -0.1) is 0 Å². The van der Waals surface area contributed by atoms with E-state index in [2.05, 4.69) is 67.8 Å². The fraction of sp³-hybridized carbons (Fsp3) is 0.780. The van der Waals surface area contributed by atoms with Gasteiger partial charge in [-0.3, -0.25) is 9.35 Å². The van der Waals surface area contributed by atoms with Gasteiger partial charge in [-0.25, -0.2) is 0 Å². The topological polar surface area (TPSA) is 104 Å². The van der Waals surface area contributed by atoms with E-state index < -0.39 is 28.0 Å². The molecule has 6 nitrogen and oxygen atoms in total. The van der Waals surface area contributed by atoms with E-state index in [9.17, 15) is 22.9 Å². The number of aliphatic hydroxyl groups is 1. The predicted molar refractivity (Wildman–Crippen MR) is 248 cm³/mol. The second kappa shape index (κ2) is 43.6. The van der Waals surface area contributed by atoms with Crippen LogP contribution in [0.1, 0.15) is 232 Å². The summed E-state index contributed by atoms with van der Waals surface area (Å²) < 4.78 is 32.6. The van der Waals surface area contributed by atoms with Crippen molar-refractivity contribution in [2.75, 3.05) is 5.75 Å². The Labute approximate surface area is 353 Å². The Morgan fingerprint density at radius 3 is 1.25 bits per heavy atom. The number of hydrogen-bond acceptors (Lipinski definition) is 4. The molecule has 2 atom stereocenters. The van der Waals surface area contributed by atoms with Crippen LogP contribution in [-0.4, -0.2) is 41.9 Å². The Morgan fingerprint density at radius 2 is 0.842 bits per heavy atom. The molecule has 0 heterocycles. The first-order valence-corrected chi connectivity index (χ1v) is 25.6. The zero-order valence-electron chi connectivity index (χ0n) is 37.2. The van der Waals surface area contributed by atoms with Gasteiger partial charge in [0.15, 0.2) is 0 Å². The number of amides is 1. The van der Waals surface area contributed by atoms with Crippen molar-refractivity contribution in [2.24, 2.45) is 0 Å². The molecule has 0 bridgehead atoms. The third-order valence-corrected chi connectivity index (χ3v) is 11.5. The van der Waals surface area contributed by atoms with E-state index in [1.807, 2.05) is 6.08 Å². The third-order valence-electron chi connectivity index (χ3n) is 10.7. The number of rotatable bonds is 43. The van der Waals surface area contributed by atoms with Crippen LogP contribution in [0.15, 0.2) is 60.8 Å². The molecule has 57 heavy (non-hydrogen) atoms. The Kier molecular flexibility index (Phi) is 42.1. The Morgan fingerprint density at radius 1 is 0.491 bits per heavy atom. The van der Waals surface area contributed by atoms with Crippen LogP contribution in [0.5, 0.6) is 0 Å². The normalized spacial score (nSPS) is 13.7. The van der Waals surface area contributed by atoms with Crippen molar-refractivity contribution in [3.8, 4) is 0 Å². The average molecular weight is 818 g/mol. The van der Waals surface area contributed by atoms with E-state index in [1.54, 1.807) is 6.08 Å². The predicted octanol–water partition coefficient (Wildman–Crippen LogP) is 14.8. The van der Waals surface area contributed by atoms with Gasteiger partial charge in [0, 0.05) is 6.42 Å². The molecule has 0 fully saturated rings. The molecule has 7 heteroatoms. The fourth-order valence-corrected chi connectivity index (χ4v) is 7.88. The first-order valence-electron chi connectivity index (χ1n) is 24.0. The second-order valence-electron chi connectivity index (χ2n) is 16.4. The molecule has 0 spiro atoms. The van der Waals surface area contributed by atoms with Crippen molar-refractivity contribution in [1.82, 2.24) is 5.32 Å². The molecule has 0 saturated carbocycles. The quantitative estimate of drug-likeness (QED) is 0.0323. The average Bonchev–Trinajstić information content (AvgIpc) is 3.18. The lowest BCUT2D eigenvalue weighted by atomic mass is 10.0. The van der Waals surface area contributed by atoms with Gasteiger partial charge in [0.1, 0.15) is 0 Å². The van der Waals surface area contributed by atoms with Crippen molar-refractivity contribution in [2.45, 2.75) is 244 Å². The largest absolute Gasteiger partial charge is 0.387 e. The van der Waals surface area contributed by atoms with Gasteiger partial charge in [0.25, 0.3) is 10.1 Å². The molecule has 0 aromatic carbocycles. The highest BCUT2D eigenvalue weighted by Gasteiger charge is 2.24. The summed E-state index contributed by atoms with van der Waals surface area (Å²) in [7, 11) is -4.35. The molecule has 0 saturated heterocycles. The van der Waals surface area contributed by atoms with E-state index >= 15 is 0 Å². The van der Waals surface area contributed by atoms with Crippen molar-refractivity contribution in [3.63, 3.8) is 0 Å². The Bertz CT molecular complexity index is 1130. The van der Waals surface area contributed by atoms with Crippen LogP contribution in [0.3, 0.4) is 0 Å². The zero-order valence-corrected chi connectivity index (χ0v) is 38.0. The lowest BCUT2D eigenvalue weighted by molar-refractivity contribution is -0.122. The molecule has 1 amide bonds. The second-order valence-corrected chi connectivity index (χ2v) is 17.9. The van der Waals surface area contributed by atoms with Crippen molar-refractivity contribution in [3.05, 3.63) is 60.8 Å². The van der Waals surface area contributed by atoms with Gasteiger partial charge in [0.2, 0.25) is 5.91 Å². The van der Waals surface area contributed by atoms with Gasteiger partial charge in [-0.1, -0.05) is 229 Å². The monoisotopic (exact) mass is 818 g/mol. The Hall–Kier alpha value is -1.96. The summed E-state index contributed by atoms with van der Waals surface area (Å²) >= 11 is 0. The van der Waals surface area contributed by atoms with E-state index in [1.165, 1.54) is 135 Å². The number of allylic oxidation sites excluding steroid dienone is 9. The first kappa shape index (κ1) is 55.0. The van der Waals surface area contributed by atoms with Crippen molar-refractivity contribution >= 4 is 16.0 Å². The molecule has 0 aliphatic carbocycles. The lowest BCUT2D eigenvalue weighted by Crippen LogP contribution is -2.46. The summed E-state index contributed by atoms with van der Waals surface area (Å²) in [6.45, 7) is 4.43. The van der Waals surface area contributed by atoms with E-state index in [0.717, 1.165) is 77.0 Å². The molecule has 0 aliphatic rings. The van der Waals surface area contributed by atoms with E-state index in [-0.39, 0.29) is 12.3 Å². The minimum absolute atomic E-state index is 0.283. The van der Waals surface area contributed by atoms with Crippen LogP contribution < -0.4 is 5.32 Å². The van der Waals surface area contributed by atoms with Gasteiger partial charge in [0.05, 0.1) is 17.9 Å². The van der Waals surface area contributed by atoms with Crippen LogP contribution in [0.2, 0.25) is 0 Å². The van der Waals surface area contributed by atoms with Crippen molar-refractivity contribution < 1.29 is 22.9 Å². The molecule has 0 aromatic rings. The molecule has 0 aliphatic heterocycles. The molecule has 3 N–H and O–H groups in total. The van der Waals surface area contributed by atoms with Gasteiger partial charge in [-0.2, -0.15) is 8.42 Å². The van der Waals surface area contributed by atoms with E-state index in [4.69, 9.17) is 0 Å². The van der Waals surface area contributed by atoms with Crippen LogP contribution in [0.4, 0.5) is 0 Å². The molecule has 0 radical (unpaired) electrons. The third kappa shape index (κ3) is 45.0. The number of carbonyl (C=O) groups is 1. The van der Waals surface area contributed by atoms with Crippen LogP contribution >= 0.6 is 0 Å². The summed E-state index contributed by atoms with van der Waals surface area (Å²) in [4.78, 5) is 12.6. The van der Waals surface area contributed by atoms with Crippen molar-refractivity contribution in [1.29, 1.82) is 0 Å². The molecular weight excluding hydrogens is 727 g/mol. The summed E-state index contributed by atoms with van der Waals surface area (Å²) in [6.07, 6.45) is 60.7. The zero-order chi connectivity index (χ0) is 41.8. The van der Waals surface area contributed by atoms with Crippen LogP contribution in [0.25, 0.3) is 0 Å². The summed E-state index contributed by atoms with van der Waals surface area (Å²) in [5.41, 5.74) is 0. The number of aliphatic hydroxyl groups excluding tert-OH is 1. The molecule has 332 valence electrons. The minimum Gasteiger partial charge on any atom is -0.387 e. The van der Waals surface area contributed by atoms with E-state index in [0.29, 0.717) is 0 Å². The summed E-state index contributed by atoms with van der Waals surface area (Å²) in [5.74, 6) is -0.983. The minimum atomic E-state index is -4.35. The van der Waals surface area contributed by atoms with Gasteiger partial charge < -0.3 is 10.4 Å².